The molecule has 4 atom stereocenters. The summed E-state index contributed by atoms with van der Waals surface area (Å²) in [6.07, 6.45) is 38.8. The Kier molecular flexibility index (Phi) is 30.5. The average Bonchev–Trinajstić information content (AvgIpc) is 3.88. The molecule has 0 radical (unpaired) electrons. The van der Waals surface area contributed by atoms with E-state index in [0.29, 0.717) is 23.9 Å². The molecule has 4 unspecified atom stereocenters. The van der Waals surface area contributed by atoms with Gasteiger partial charge in [-0.2, -0.15) is 0 Å². The van der Waals surface area contributed by atoms with Gasteiger partial charge in [0.15, 0.2) is 6.10 Å². The normalized spacial score (nSPS) is 17.8. The number of nitrogens with zero attached hydrogens (tertiary/aromatic N) is 1. The minimum Gasteiger partial charge on any atom is -0.756 e. The van der Waals surface area contributed by atoms with Crippen LogP contribution >= 0.6 is 7.82 Å². The third kappa shape index (κ3) is 33.8. The van der Waals surface area contributed by atoms with Crippen molar-refractivity contribution in [1.82, 2.24) is 0 Å². The number of hydrogen-bond acceptors (Lipinski definition) is 9. The number of hydrogen-bond donors (Lipinski definition) is 0. The van der Waals surface area contributed by atoms with Crippen molar-refractivity contribution in [2.75, 3.05) is 47.5 Å². The summed E-state index contributed by atoms with van der Waals surface area (Å²) >= 11 is 0. The van der Waals surface area contributed by atoms with E-state index in [1.165, 1.54) is 83.5 Å². The monoisotopic (exact) mass is 796 g/mol. The van der Waals surface area contributed by atoms with E-state index < -0.39 is 32.5 Å². The lowest BCUT2D eigenvalue weighted by molar-refractivity contribution is -0.870. The van der Waals surface area contributed by atoms with Crippen LogP contribution in [0.3, 0.4) is 0 Å². The van der Waals surface area contributed by atoms with Crippen molar-refractivity contribution < 1.29 is 46.8 Å². The topological polar surface area (TPSA) is 124 Å². The number of allylic oxidation sites excluding steroid dienone is 7. The van der Waals surface area contributed by atoms with E-state index in [-0.39, 0.29) is 38.3 Å². The number of ether oxygens (including phenoxy) is 3. The summed E-state index contributed by atoms with van der Waals surface area (Å²) in [4.78, 5) is 37.6. The molecule has 10 nitrogen and oxygen atoms in total. The standard InChI is InChI=1S/C44H78NO9P/c1-6-8-10-12-14-16-18-20-22-24-26-28-30-34-43(46)50-38-40(39-52-55(48,49)51-37-36-45(3,4)5)53-44(47)35-31-33-42-41(54-42)32-29-27-25-23-21-19-17-15-13-11-9-7-2/h15,17,21,23,25,27,29,32,40-42H,6-14,16,18-20,22,24,26,28,30-31,33-39H2,1-5H3/b17-15+,23-21+,27-25-,32-29-. The first-order valence-corrected chi connectivity index (χ1v) is 23.0. The van der Waals surface area contributed by atoms with Crippen molar-refractivity contribution in [3.63, 3.8) is 0 Å². The number of carbonyl (C=O) groups is 2. The number of quaternary nitrogens is 1. The average molecular weight is 796 g/mol. The fraction of sp³-hybridized carbons (Fsp3) is 0.773. The predicted octanol–water partition coefficient (Wildman–Crippen LogP) is 10.3. The van der Waals surface area contributed by atoms with Gasteiger partial charge in [-0.05, 0) is 38.5 Å². The van der Waals surface area contributed by atoms with Crippen LogP contribution < -0.4 is 4.89 Å². The summed E-state index contributed by atoms with van der Waals surface area (Å²) in [7, 11) is 1.10. The van der Waals surface area contributed by atoms with Crippen LogP contribution in [-0.2, 0) is 37.4 Å². The molecule has 55 heavy (non-hydrogen) atoms. The first-order chi connectivity index (χ1) is 26.5. The molecule has 1 saturated heterocycles. The van der Waals surface area contributed by atoms with Gasteiger partial charge in [-0.3, -0.25) is 14.2 Å². The molecule has 0 aromatic carbocycles. The Bertz CT molecular complexity index is 1150. The quantitative estimate of drug-likeness (QED) is 0.0115. The first-order valence-electron chi connectivity index (χ1n) is 21.5. The molecule has 0 saturated carbocycles. The first kappa shape index (κ1) is 50.9. The molecule has 0 aliphatic carbocycles. The molecule has 1 heterocycles. The Morgan fingerprint density at radius 3 is 1.96 bits per heavy atom. The van der Waals surface area contributed by atoms with Crippen molar-refractivity contribution in [3.05, 3.63) is 48.6 Å². The molecule has 318 valence electrons. The fourth-order valence-electron chi connectivity index (χ4n) is 5.81. The van der Waals surface area contributed by atoms with Crippen molar-refractivity contribution in [2.45, 2.75) is 173 Å². The summed E-state index contributed by atoms with van der Waals surface area (Å²) in [6.45, 7) is 4.07. The van der Waals surface area contributed by atoms with Gasteiger partial charge in [0.1, 0.15) is 25.9 Å². The van der Waals surface area contributed by atoms with E-state index >= 15 is 0 Å². The third-order valence-electron chi connectivity index (χ3n) is 9.32. The molecular weight excluding hydrogens is 717 g/mol. The second-order valence-corrected chi connectivity index (χ2v) is 17.2. The van der Waals surface area contributed by atoms with Crippen LogP contribution in [0, 0.1) is 0 Å². The zero-order valence-electron chi connectivity index (χ0n) is 35.3. The minimum atomic E-state index is -4.65. The van der Waals surface area contributed by atoms with Gasteiger partial charge in [0.05, 0.1) is 33.9 Å². The minimum absolute atomic E-state index is 0.0226. The molecule has 0 spiro atoms. The molecule has 0 N–H and O–H groups in total. The lowest BCUT2D eigenvalue weighted by Gasteiger charge is -2.28. The number of epoxide rings is 1. The van der Waals surface area contributed by atoms with Crippen LogP contribution in [0.5, 0.6) is 0 Å². The molecule has 0 amide bonds. The lowest BCUT2D eigenvalue weighted by Crippen LogP contribution is -2.37. The van der Waals surface area contributed by atoms with Gasteiger partial charge < -0.3 is 32.6 Å². The summed E-state index contributed by atoms with van der Waals surface area (Å²) in [5.74, 6) is -0.930. The van der Waals surface area contributed by atoms with Gasteiger partial charge in [0.25, 0.3) is 7.82 Å². The highest BCUT2D eigenvalue weighted by atomic mass is 31.2. The highest BCUT2D eigenvalue weighted by Gasteiger charge is 2.35. The second-order valence-electron chi connectivity index (χ2n) is 15.8. The summed E-state index contributed by atoms with van der Waals surface area (Å²) in [5.41, 5.74) is 0. The number of esters is 2. The Balaban J connectivity index is 2.38. The van der Waals surface area contributed by atoms with E-state index in [0.717, 1.165) is 32.1 Å². The maximum absolute atomic E-state index is 12.7. The largest absolute Gasteiger partial charge is 0.756 e. The Morgan fingerprint density at radius 2 is 1.31 bits per heavy atom. The summed E-state index contributed by atoms with van der Waals surface area (Å²) < 4.78 is 39.5. The molecule has 0 aromatic rings. The molecule has 0 bridgehead atoms. The van der Waals surface area contributed by atoms with Gasteiger partial charge in [0.2, 0.25) is 0 Å². The Hall–Kier alpha value is -2.07. The van der Waals surface area contributed by atoms with Crippen LogP contribution in [0.2, 0.25) is 0 Å². The predicted molar refractivity (Wildman–Crippen MR) is 221 cm³/mol. The van der Waals surface area contributed by atoms with Crippen molar-refractivity contribution >= 4 is 19.8 Å². The molecule has 1 aliphatic heterocycles. The summed E-state index contributed by atoms with van der Waals surface area (Å²) in [5, 5.41) is 0. The van der Waals surface area contributed by atoms with E-state index in [4.69, 9.17) is 23.3 Å². The van der Waals surface area contributed by atoms with Crippen LogP contribution in [0.15, 0.2) is 48.6 Å². The van der Waals surface area contributed by atoms with Crippen molar-refractivity contribution in [3.8, 4) is 0 Å². The molecule has 1 aliphatic rings. The van der Waals surface area contributed by atoms with Crippen LogP contribution in [0.25, 0.3) is 0 Å². The van der Waals surface area contributed by atoms with E-state index in [2.05, 4.69) is 32.1 Å². The summed E-state index contributed by atoms with van der Waals surface area (Å²) in [6, 6.07) is 0. The number of phosphoric ester groups is 1. The zero-order chi connectivity index (χ0) is 40.5. The Labute approximate surface area is 335 Å². The second kappa shape index (κ2) is 33.0. The zero-order valence-corrected chi connectivity index (χ0v) is 36.2. The van der Waals surface area contributed by atoms with Gasteiger partial charge in [-0.15, -0.1) is 0 Å². The Morgan fingerprint density at radius 1 is 0.709 bits per heavy atom. The molecule has 1 fully saturated rings. The lowest BCUT2D eigenvalue weighted by atomic mass is 10.0. The van der Waals surface area contributed by atoms with E-state index in [9.17, 15) is 19.0 Å². The van der Waals surface area contributed by atoms with Crippen LogP contribution in [-0.4, -0.2) is 82.2 Å². The van der Waals surface area contributed by atoms with Crippen molar-refractivity contribution in [2.24, 2.45) is 0 Å². The number of rotatable bonds is 37. The highest BCUT2D eigenvalue weighted by Crippen LogP contribution is 2.38. The number of carbonyl (C=O) groups excluding carboxylic acids is 2. The van der Waals surface area contributed by atoms with Gasteiger partial charge in [-0.25, -0.2) is 0 Å². The maximum atomic E-state index is 12.7. The number of likely N-dealkylation sites (N-methyl/N-ethyl adjacent to an activating group) is 1. The molecule has 1 rings (SSSR count). The molecule has 11 heteroatoms. The van der Waals surface area contributed by atoms with Crippen molar-refractivity contribution in [1.29, 1.82) is 0 Å². The third-order valence-corrected chi connectivity index (χ3v) is 10.3. The van der Waals surface area contributed by atoms with Gasteiger partial charge in [-0.1, -0.05) is 152 Å². The number of phosphoric acid groups is 1. The smallest absolute Gasteiger partial charge is 0.306 e. The highest BCUT2D eigenvalue weighted by molar-refractivity contribution is 7.45. The van der Waals surface area contributed by atoms with E-state index in [1.807, 2.05) is 51.5 Å². The molecular formula is C44H78NO9P. The number of unbranched alkanes of at least 4 members (excludes halogenated alkanes) is 15. The SMILES string of the molecule is CCCCC/C=C/C/C=C/C=C\C=C/C1OC1CCCC(=O)OC(COC(=O)CCCCCCCCCCCCCCC)COP(=O)([O-])OCC[N+](C)(C)C. The van der Waals surface area contributed by atoms with Gasteiger partial charge >= 0.3 is 11.9 Å². The maximum Gasteiger partial charge on any atom is 0.306 e. The fourth-order valence-corrected chi connectivity index (χ4v) is 6.54. The molecule has 0 aromatic heterocycles. The van der Waals surface area contributed by atoms with E-state index in [1.54, 1.807) is 0 Å². The van der Waals surface area contributed by atoms with Crippen LogP contribution in [0.4, 0.5) is 0 Å². The van der Waals surface area contributed by atoms with Gasteiger partial charge in [0, 0.05) is 12.8 Å². The van der Waals surface area contributed by atoms with Crippen LogP contribution in [0.1, 0.15) is 155 Å².